The first-order valence-corrected chi connectivity index (χ1v) is 5.26. The number of likely N-dealkylation sites (N-methyl/N-ethyl adjacent to an activating group) is 1. The molecule has 0 aliphatic heterocycles. The fourth-order valence-electron chi connectivity index (χ4n) is 1.27. The molecule has 1 heterocycles. The molecule has 0 aliphatic carbocycles. The van der Waals surface area contributed by atoms with Gasteiger partial charge in [0.25, 0.3) is 5.91 Å². The molecule has 0 aliphatic rings. The highest BCUT2D eigenvalue weighted by molar-refractivity contribution is 5.96. The van der Waals surface area contributed by atoms with Crippen molar-refractivity contribution < 1.29 is 9.53 Å². The second-order valence-corrected chi connectivity index (χ2v) is 3.19. The Labute approximate surface area is 95.2 Å². The predicted molar refractivity (Wildman–Crippen MR) is 61.7 cm³/mol. The summed E-state index contributed by atoms with van der Waals surface area (Å²) in [6.07, 6.45) is 3.10. The van der Waals surface area contributed by atoms with Crippen molar-refractivity contribution in [3.05, 3.63) is 24.0 Å². The molecule has 0 spiro atoms. The second kappa shape index (κ2) is 6.79. The van der Waals surface area contributed by atoms with Crippen LogP contribution in [0.1, 0.15) is 17.3 Å². The summed E-state index contributed by atoms with van der Waals surface area (Å²) in [5, 5.41) is 5.92. The maximum absolute atomic E-state index is 11.7. The van der Waals surface area contributed by atoms with Crippen LogP contribution in [0.4, 0.5) is 0 Å². The van der Waals surface area contributed by atoms with Gasteiger partial charge in [-0.25, -0.2) is 0 Å². The highest BCUT2D eigenvalue weighted by atomic mass is 16.5. The normalized spacial score (nSPS) is 9.88. The van der Waals surface area contributed by atoms with Gasteiger partial charge < -0.3 is 15.4 Å². The number of nitrogens with one attached hydrogen (secondary N) is 2. The minimum atomic E-state index is -0.142. The summed E-state index contributed by atoms with van der Waals surface area (Å²) in [4.78, 5) is 15.6. The number of amides is 1. The van der Waals surface area contributed by atoms with Gasteiger partial charge in [-0.2, -0.15) is 0 Å². The molecule has 16 heavy (non-hydrogen) atoms. The maximum atomic E-state index is 11.7. The van der Waals surface area contributed by atoms with E-state index in [1.54, 1.807) is 12.3 Å². The van der Waals surface area contributed by atoms with E-state index in [0.717, 1.165) is 13.1 Å². The molecule has 0 aromatic carbocycles. The summed E-state index contributed by atoms with van der Waals surface area (Å²) in [5.74, 6) is 0.348. The number of carbonyl (C=O) groups is 1. The molecule has 0 saturated carbocycles. The smallest absolute Gasteiger partial charge is 0.255 e. The van der Waals surface area contributed by atoms with Gasteiger partial charge in [0.15, 0.2) is 0 Å². The van der Waals surface area contributed by atoms with E-state index in [9.17, 15) is 4.79 Å². The highest BCUT2D eigenvalue weighted by Gasteiger charge is 2.10. The molecule has 1 aromatic rings. The first kappa shape index (κ1) is 12.4. The lowest BCUT2D eigenvalue weighted by Crippen LogP contribution is -2.31. The Morgan fingerprint density at radius 1 is 1.50 bits per heavy atom. The molecule has 5 nitrogen and oxygen atoms in total. The van der Waals surface area contributed by atoms with Crippen LogP contribution in [-0.2, 0) is 0 Å². The molecular weight excluding hydrogens is 206 g/mol. The molecule has 5 heteroatoms. The number of rotatable bonds is 6. The van der Waals surface area contributed by atoms with Crippen LogP contribution >= 0.6 is 0 Å². The van der Waals surface area contributed by atoms with Gasteiger partial charge in [0.2, 0.25) is 0 Å². The third-order valence-corrected chi connectivity index (χ3v) is 2.09. The summed E-state index contributed by atoms with van der Waals surface area (Å²) >= 11 is 0. The summed E-state index contributed by atoms with van der Waals surface area (Å²) in [6.45, 7) is 4.27. The van der Waals surface area contributed by atoms with Crippen LogP contribution in [0, 0.1) is 0 Å². The van der Waals surface area contributed by atoms with Crippen molar-refractivity contribution in [3.63, 3.8) is 0 Å². The first-order valence-electron chi connectivity index (χ1n) is 5.26. The van der Waals surface area contributed by atoms with Gasteiger partial charge in [-0.05, 0) is 12.6 Å². The van der Waals surface area contributed by atoms with Gasteiger partial charge in [-0.15, -0.1) is 0 Å². The van der Waals surface area contributed by atoms with Gasteiger partial charge in [0.1, 0.15) is 5.75 Å². The lowest BCUT2D eigenvalue weighted by atomic mass is 10.2. The van der Waals surface area contributed by atoms with E-state index in [1.807, 2.05) is 6.92 Å². The van der Waals surface area contributed by atoms with E-state index in [2.05, 4.69) is 15.6 Å². The predicted octanol–water partition coefficient (Wildman–Crippen LogP) is 0.429. The zero-order chi connectivity index (χ0) is 11.8. The molecule has 1 rings (SSSR count). The highest BCUT2D eigenvalue weighted by Crippen LogP contribution is 2.14. The molecule has 0 fully saturated rings. The van der Waals surface area contributed by atoms with Crippen molar-refractivity contribution in [1.29, 1.82) is 0 Å². The zero-order valence-corrected chi connectivity index (χ0v) is 9.62. The molecular formula is C11H17N3O2. The number of hydrogen-bond acceptors (Lipinski definition) is 4. The number of hydrogen-bond donors (Lipinski definition) is 2. The largest absolute Gasteiger partial charge is 0.494 e. The lowest BCUT2D eigenvalue weighted by Gasteiger charge is -2.08. The van der Waals surface area contributed by atoms with Crippen LogP contribution < -0.4 is 15.4 Å². The number of carbonyl (C=O) groups excluding carboxylic acids is 1. The van der Waals surface area contributed by atoms with Gasteiger partial charge in [-0.1, -0.05) is 6.92 Å². The topological polar surface area (TPSA) is 63.2 Å². The second-order valence-electron chi connectivity index (χ2n) is 3.19. The molecule has 0 radical (unpaired) electrons. The SMILES string of the molecule is CCNCCNC(=O)c1ccncc1OC. The van der Waals surface area contributed by atoms with Gasteiger partial charge >= 0.3 is 0 Å². The van der Waals surface area contributed by atoms with Crippen molar-refractivity contribution >= 4 is 5.91 Å². The zero-order valence-electron chi connectivity index (χ0n) is 9.62. The van der Waals surface area contributed by atoms with Gasteiger partial charge in [0.05, 0.1) is 18.9 Å². The van der Waals surface area contributed by atoms with E-state index in [1.165, 1.54) is 13.3 Å². The van der Waals surface area contributed by atoms with Crippen LogP contribution in [0.5, 0.6) is 5.75 Å². The van der Waals surface area contributed by atoms with Crippen molar-refractivity contribution in [2.45, 2.75) is 6.92 Å². The average molecular weight is 223 g/mol. The molecule has 2 N–H and O–H groups in total. The molecule has 0 unspecified atom stereocenters. The Kier molecular flexibility index (Phi) is 5.28. The van der Waals surface area contributed by atoms with E-state index >= 15 is 0 Å². The van der Waals surface area contributed by atoms with Crippen LogP contribution in [-0.4, -0.2) is 37.6 Å². The minimum Gasteiger partial charge on any atom is -0.494 e. The molecule has 0 bridgehead atoms. The standard InChI is InChI=1S/C11H17N3O2/c1-3-12-6-7-14-11(15)9-4-5-13-8-10(9)16-2/h4-5,8,12H,3,6-7H2,1-2H3,(H,14,15). The summed E-state index contributed by atoms with van der Waals surface area (Å²) in [5.41, 5.74) is 0.508. The third-order valence-electron chi connectivity index (χ3n) is 2.09. The number of methoxy groups -OCH3 is 1. The van der Waals surface area contributed by atoms with Crippen LogP contribution in [0.25, 0.3) is 0 Å². The first-order chi connectivity index (χ1) is 7.79. The molecule has 1 aromatic heterocycles. The third kappa shape index (κ3) is 3.51. The van der Waals surface area contributed by atoms with E-state index in [-0.39, 0.29) is 5.91 Å². The Bertz CT molecular complexity index is 342. The van der Waals surface area contributed by atoms with Crippen molar-refractivity contribution in [2.75, 3.05) is 26.7 Å². The fourth-order valence-corrected chi connectivity index (χ4v) is 1.27. The van der Waals surface area contributed by atoms with Crippen molar-refractivity contribution in [2.24, 2.45) is 0 Å². The van der Waals surface area contributed by atoms with E-state index in [4.69, 9.17) is 4.74 Å². The quantitative estimate of drug-likeness (QED) is 0.686. The molecule has 88 valence electrons. The number of nitrogens with zero attached hydrogens (tertiary/aromatic N) is 1. The number of ether oxygens (including phenoxy) is 1. The number of pyridine rings is 1. The van der Waals surface area contributed by atoms with Crippen LogP contribution in [0.15, 0.2) is 18.5 Å². The van der Waals surface area contributed by atoms with Crippen molar-refractivity contribution in [1.82, 2.24) is 15.6 Å². The number of aromatic nitrogens is 1. The van der Waals surface area contributed by atoms with Gasteiger partial charge in [0, 0.05) is 19.3 Å². The fraction of sp³-hybridized carbons (Fsp3) is 0.455. The van der Waals surface area contributed by atoms with Crippen molar-refractivity contribution in [3.8, 4) is 5.75 Å². The Balaban J connectivity index is 2.52. The lowest BCUT2D eigenvalue weighted by molar-refractivity contribution is 0.0951. The van der Waals surface area contributed by atoms with E-state index < -0.39 is 0 Å². The Hall–Kier alpha value is -1.62. The maximum Gasteiger partial charge on any atom is 0.255 e. The average Bonchev–Trinajstić information content (AvgIpc) is 2.34. The Morgan fingerprint density at radius 3 is 3.00 bits per heavy atom. The molecule has 1 amide bonds. The Morgan fingerprint density at radius 2 is 2.31 bits per heavy atom. The molecule has 0 atom stereocenters. The summed E-state index contributed by atoms with van der Waals surface area (Å²) in [7, 11) is 1.52. The van der Waals surface area contributed by atoms with Gasteiger partial charge in [-0.3, -0.25) is 9.78 Å². The minimum absolute atomic E-state index is 0.142. The summed E-state index contributed by atoms with van der Waals surface area (Å²) < 4.78 is 5.05. The molecule has 0 saturated heterocycles. The summed E-state index contributed by atoms with van der Waals surface area (Å²) in [6, 6.07) is 1.64. The van der Waals surface area contributed by atoms with E-state index in [0.29, 0.717) is 17.9 Å². The monoisotopic (exact) mass is 223 g/mol. The van der Waals surface area contributed by atoms with Crippen LogP contribution in [0.2, 0.25) is 0 Å². The van der Waals surface area contributed by atoms with Crippen LogP contribution in [0.3, 0.4) is 0 Å².